The summed E-state index contributed by atoms with van der Waals surface area (Å²) in [6.45, 7) is 4.08. The van der Waals surface area contributed by atoms with E-state index in [9.17, 15) is 9.59 Å². The third-order valence-electron chi connectivity index (χ3n) is 6.58. The molecule has 1 aliphatic rings. The Kier molecular flexibility index (Phi) is 6.31. The fraction of sp³-hybridized carbons (Fsp3) is 0.423. The largest absolute Gasteiger partial charge is 0.452 e. The van der Waals surface area contributed by atoms with E-state index in [1.54, 1.807) is 4.90 Å². The molecule has 0 fully saturated rings. The summed E-state index contributed by atoms with van der Waals surface area (Å²) in [4.78, 5) is 32.2. The highest BCUT2D eigenvalue weighted by atomic mass is 16.5. The molecule has 32 heavy (non-hydrogen) atoms. The van der Waals surface area contributed by atoms with Gasteiger partial charge in [-0.15, -0.1) is 0 Å². The molecule has 6 nitrogen and oxygen atoms in total. The van der Waals surface area contributed by atoms with Crippen molar-refractivity contribution in [3.8, 4) is 0 Å². The highest BCUT2D eigenvalue weighted by Gasteiger charge is 2.31. The molecule has 1 aliphatic heterocycles. The average molecular weight is 434 g/mol. The third kappa shape index (κ3) is 3.90. The highest BCUT2D eigenvalue weighted by Crippen LogP contribution is 2.37. The molecule has 0 unspecified atom stereocenters. The summed E-state index contributed by atoms with van der Waals surface area (Å²) in [5, 5.41) is 0. The predicted octanol–water partition coefficient (Wildman–Crippen LogP) is 5.18. The van der Waals surface area contributed by atoms with Gasteiger partial charge in [0.15, 0.2) is 0 Å². The van der Waals surface area contributed by atoms with Crippen molar-refractivity contribution in [1.82, 2.24) is 9.55 Å². The number of aryl methyl sites for hydroxylation is 2. The molecule has 1 aromatic heterocycles. The average Bonchev–Trinajstić information content (AvgIpc) is 3.13. The molecule has 0 spiro atoms. The van der Waals surface area contributed by atoms with Gasteiger partial charge in [0.25, 0.3) is 0 Å². The van der Waals surface area contributed by atoms with Crippen LogP contribution in [0.3, 0.4) is 0 Å². The summed E-state index contributed by atoms with van der Waals surface area (Å²) in [6, 6.07) is 14.1. The van der Waals surface area contributed by atoms with Crippen LogP contribution in [0, 0.1) is 0 Å². The van der Waals surface area contributed by atoms with Crippen LogP contribution in [0.1, 0.15) is 56.0 Å². The lowest BCUT2D eigenvalue weighted by Crippen LogP contribution is -2.42. The standard InChI is InChI=1S/C26H31N3O3/c1-5-9-23(30)20(18-10-7-6-8-11-18)16-24-27-25-19-13-12-17(2)29(26(31)32-4)21(19)14-15-22(25)28(24)3/h6-8,10-11,14-15,17,20H,5,9,12-13,16H2,1-4H3/t17-,20+/m0/s1. The molecule has 0 bridgehead atoms. The van der Waals surface area contributed by atoms with Crippen LogP contribution in [-0.4, -0.2) is 34.6 Å². The van der Waals surface area contributed by atoms with Crippen LogP contribution in [0.15, 0.2) is 42.5 Å². The van der Waals surface area contributed by atoms with Gasteiger partial charge >= 0.3 is 6.09 Å². The number of Topliss-reactive ketones (excluding diaryl/α,β-unsaturated/α-hetero) is 1. The Morgan fingerprint density at radius 1 is 1.19 bits per heavy atom. The summed E-state index contributed by atoms with van der Waals surface area (Å²) in [7, 11) is 3.42. The molecule has 6 heteroatoms. The molecule has 0 radical (unpaired) electrons. The number of benzene rings is 2. The number of hydrogen-bond acceptors (Lipinski definition) is 4. The SMILES string of the molecule is CCCC(=O)[C@H](Cc1nc2c3c(ccc2n1C)N(C(=O)OC)[C@@H](C)CC3)c1ccccc1. The summed E-state index contributed by atoms with van der Waals surface area (Å²) >= 11 is 0. The van der Waals surface area contributed by atoms with Crippen LogP contribution < -0.4 is 4.90 Å². The van der Waals surface area contributed by atoms with Crippen molar-refractivity contribution >= 4 is 28.6 Å². The zero-order valence-electron chi connectivity index (χ0n) is 19.3. The van der Waals surface area contributed by atoms with Gasteiger partial charge in [-0.05, 0) is 43.9 Å². The second-order valence-corrected chi connectivity index (χ2v) is 8.63. The Hall–Kier alpha value is -3.15. The van der Waals surface area contributed by atoms with Crippen LogP contribution in [0.4, 0.5) is 10.5 Å². The summed E-state index contributed by atoms with van der Waals surface area (Å²) in [5.41, 5.74) is 4.91. The van der Waals surface area contributed by atoms with E-state index in [2.05, 4.69) is 4.57 Å². The topological polar surface area (TPSA) is 64.4 Å². The van der Waals surface area contributed by atoms with Crippen molar-refractivity contribution in [1.29, 1.82) is 0 Å². The number of ketones is 1. The van der Waals surface area contributed by atoms with E-state index in [-0.39, 0.29) is 23.8 Å². The zero-order chi connectivity index (χ0) is 22.8. The second kappa shape index (κ2) is 9.15. The number of carbonyl (C=O) groups is 2. The van der Waals surface area contributed by atoms with E-state index in [1.165, 1.54) is 7.11 Å². The van der Waals surface area contributed by atoms with E-state index >= 15 is 0 Å². The first-order valence-corrected chi connectivity index (χ1v) is 11.4. The van der Waals surface area contributed by atoms with Gasteiger partial charge in [0.05, 0.1) is 23.8 Å². The van der Waals surface area contributed by atoms with Crippen molar-refractivity contribution in [2.24, 2.45) is 7.05 Å². The second-order valence-electron chi connectivity index (χ2n) is 8.63. The minimum atomic E-state index is -0.344. The number of ether oxygens (including phenoxy) is 1. The highest BCUT2D eigenvalue weighted by molar-refractivity contribution is 5.95. The van der Waals surface area contributed by atoms with Crippen molar-refractivity contribution in [3.05, 3.63) is 59.4 Å². The monoisotopic (exact) mass is 433 g/mol. The van der Waals surface area contributed by atoms with Crippen LogP contribution in [-0.2, 0) is 29.4 Å². The summed E-state index contributed by atoms with van der Waals surface area (Å²) in [6.07, 6.45) is 3.32. The summed E-state index contributed by atoms with van der Waals surface area (Å²) < 4.78 is 7.12. The smallest absolute Gasteiger partial charge is 0.414 e. The number of hydrogen-bond donors (Lipinski definition) is 0. The molecule has 0 N–H and O–H groups in total. The van der Waals surface area contributed by atoms with E-state index in [4.69, 9.17) is 9.72 Å². The molecule has 0 saturated carbocycles. The van der Waals surface area contributed by atoms with Crippen molar-refractivity contribution in [3.63, 3.8) is 0 Å². The molecule has 3 aromatic rings. The Balaban J connectivity index is 1.76. The fourth-order valence-corrected chi connectivity index (χ4v) is 4.81. The van der Waals surface area contributed by atoms with E-state index < -0.39 is 0 Å². The minimum absolute atomic E-state index is 0.0738. The Morgan fingerprint density at radius 3 is 2.62 bits per heavy atom. The number of fused-ring (bicyclic) bond motifs is 3. The maximum absolute atomic E-state index is 13.0. The number of aromatic nitrogens is 2. The number of amides is 1. The van der Waals surface area contributed by atoms with E-state index in [1.807, 2.05) is 63.4 Å². The van der Waals surface area contributed by atoms with E-state index in [0.717, 1.165) is 52.9 Å². The van der Waals surface area contributed by atoms with Crippen LogP contribution >= 0.6 is 0 Å². The molecule has 2 atom stereocenters. The van der Waals surface area contributed by atoms with E-state index in [0.29, 0.717) is 12.8 Å². The molecule has 0 aliphatic carbocycles. The lowest BCUT2D eigenvalue weighted by atomic mass is 9.89. The first kappa shape index (κ1) is 22.1. The molecule has 1 amide bonds. The van der Waals surface area contributed by atoms with Crippen LogP contribution in [0.5, 0.6) is 0 Å². The van der Waals surface area contributed by atoms with Gasteiger partial charge in [0.1, 0.15) is 11.6 Å². The Morgan fingerprint density at radius 2 is 1.94 bits per heavy atom. The number of anilines is 1. The lowest BCUT2D eigenvalue weighted by Gasteiger charge is -2.34. The van der Waals surface area contributed by atoms with Gasteiger partial charge < -0.3 is 9.30 Å². The number of imidazole rings is 1. The normalized spacial score (nSPS) is 16.6. The number of carbonyl (C=O) groups excluding carboxylic acids is 2. The van der Waals surface area contributed by atoms with Gasteiger partial charge in [0.2, 0.25) is 0 Å². The maximum atomic E-state index is 13.0. The third-order valence-corrected chi connectivity index (χ3v) is 6.58. The van der Waals surface area contributed by atoms with Crippen molar-refractivity contribution < 1.29 is 14.3 Å². The van der Waals surface area contributed by atoms with Gasteiger partial charge in [-0.2, -0.15) is 0 Å². The van der Waals surface area contributed by atoms with Gasteiger partial charge in [-0.25, -0.2) is 9.78 Å². The Labute approximate surface area is 189 Å². The molecule has 168 valence electrons. The molecule has 4 rings (SSSR count). The molecular formula is C26H31N3O3. The van der Waals surface area contributed by atoms with Gasteiger partial charge in [-0.1, -0.05) is 37.3 Å². The predicted molar refractivity (Wildman–Crippen MR) is 126 cm³/mol. The fourth-order valence-electron chi connectivity index (χ4n) is 4.81. The number of nitrogens with zero attached hydrogens (tertiary/aromatic N) is 3. The van der Waals surface area contributed by atoms with Crippen LogP contribution in [0.2, 0.25) is 0 Å². The Bertz CT molecular complexity index is 1140. The minimum Gasteiger partial charge on any atom is -0.452 e. The first-order valence-electron chi connectivity index (χ1n) is 11.4. The van der Waals surface area contributed by atoms with Crippen molar-refractivity contribution in [2.45, 2.75) is 57.9 Å². The molecule has 0 saturated heterocycles. The lowest BCUT2D eigenvalue weighted by molar-refractivity contribution is -0.120. The number of methoxy groups -OCH3 is 1. The van der Waals surface area contributed by atoms with Crippen molar-refractivity contribution in [2.75, 3.05) is 12.0 Å². The van der Waals surface area contributed by atoms with Gasteiger partial charge in [-0.3, -0.25) is 9.69 Å². The quantitative estimate of drug-likeness (QED) is 0.538. The molecule has 2 aromatic carbocycles. The molecule has 2 heterocycles. The maximum Gasteiger partial charge on any atom is 0.414 e. The number of rotatable bonds is 6. The van der Waals surface area contributed by atoms with Crippen LogP contribution in [0.25, 0.3) is 11.0 Å². The zero-order valence-corrected chi connectivity index (χ0v) is 19.3. The van der Waals surface area contributed by atoms with Gasteiger partial charge in [0, 0.05) is 37.4 Å². The molecular weight excluding hydrogens is 402 g/mol. The first-order chi connectivity index (χ1) is 15.5. The summed E-state index contributed by atoms with van der Waals surface area (Å²) in [5.74, 6) is 0.919.